The molecule has 4 heteroatoms. The van der Waals surface area contributed by atoms with Crippen molar-refractivity contribution < 1.29 is 14.6 Å². The molecular weight excluding hydrogens is 735 g/mol. The predicted octanol–water partition coefficient (Wildman–Crippen LogP) is 14.1. The molecule has 4 aromatic rings. The summed E-state index contributed by atoms with van der Waals surface area (Å²) in [5, 5.41) is 12.6. The highest BCUT2D eigenvalue weighted by molar-refractivity contribution is 5.83. The number of hydrogen-bond acceptors (Lipinski definition) is 3. The Hall–Kier alpha value is -3.89. The van der Waals surface area contributed by atoms with Gasteiger partial charge in [0.15, 0.2) is 0 Å². The number of unbranched alkanes of at least 4 members (excludes halogenated alkanes) is 1. The van der Waals surface area contributed by atoms with Gasteiger partial charge in [0.25, 0.3) is 0 Å². The number of ether oxygens (including phenoxy) is 1. The van der Waals surface area contributed by atoms with Gasteiger partial charge in [-0.05, 0) is 113 Å². The lowest BCUT2D eigenvalue weighted by Crippen LogP contribution is -2.41. The van der Waals surface area contributed by atoms with E-state index in [0.29, 0.717) is 25.5 Å². The van der Waals surface area contributed by atoms with Gasteiger partial charge in [-0.15, -0.1) is 0 Å². The first kappa shape index (κ1) is 47.2. The predicted molar refractivity (Wildman–Crippen MR) is 254 cm³/mol. The first-order valence-corrected chi connectivity index (χ1v) is 23.7. The van der Waals surface area contributed by atoms with Gasteiger partial charge in [-0.25, -0.2) is 0 Å². The monoisotopic (exact) mass is 814 g/mol. The van der Waals surface area contributed by atoms with Crippen LogP contribution in [0.3, 0.4) is 0 Å². The van der Waals surface area contributed by atoms with Crippen LogP contribution in [0.4, 0.5) is 0 Å². The van der Waals surface area contributed by atoms with Gasteiger partial charge in [0, 0.05) is 29.4 Å². The van der Waals surface area contributed by atoms with Crippen molar-refractivity contribution in [2.45, 2.75) is 163 Å². The third-order valence-electron chi connectivity index (χ3n) is 14.8. The van der Waals surface area contributed by atoms with Crippen molar-refractivity contribution in [3.8, 4) is 16.9 Å². The molecule has 1 aliphatic carbocycles. The molecule has 0 radical (unpaired) electrons. The Morgan fingerprint density at radius 2 is 1.22 bits per heavy atom. The van der Waals surface area contributed by atoms with E-state index in [1.807, 2.05) is 13.8 Å². The van der Waals surface area contributed by atoms with Gasteiger partial charge in [-0.3, -0.25) is 4.79 Å². The third-order valence-corrected chi connectivity index (χ3v) is 14.8. The highest BCUT2D eigenvalue weighted by atomic mass is 16.5. The van der Waals surface area contributed by atoms with E-state index in [4.69, 9.17) is 4.74 Å². The number of rotatable bonds is 24. The average Bonchev–Trinajstić information content (AvgIpc) is 3.52. The summed E-state index contributed by atoms with van der Waals surface area (Å²) < 4.78 is 6.19. The number of benzene rings is 4. The minimum atomic E-state index is -0.473. The van der Waals surface area contributed by atoms with Gasteiger partial charge >= 0.3 is 0 Å². The molecule has 4 nitrogen and oxygen atoms in total. The summed E-state index contributed by atoms with van der Waals surface area (Å²) in [4.78, 5) is 12.9. The van der Waals surface area contributed by atoms with Crippen LogP contribution in [0.25, 0.3) is 11.1 Å². The normalized spacial score (nSPS) is 15.8. The lowest BCUT2D eigenvalue weighted by atomic mass is 9.67. The molecule has 326 valence electrons. The maximum absolute atomic E-state index is 12.9. The van der Waals surface area contributed by atoms with Crippen LogP contribution in [0.15, 0.2) is 91.0 Å². The number of amides is 1. The van der Waals surface area contributed by atoms with Gasteiger partial charge in [0.2, 0.25) is 5.91 Å². The number of carbonyl (C=O) groups is 1. The molecule has 60 heavy (non-hydrogen) atoms. The Bertz CT molecular complexity index is 1950. The summed E-state index contributed by atoms with van der Waals surface area (Å²) in [6.45, 7) is 24.4. The number of aliphatic hydroxyl groups excluding tert-OH is 1. The molecule has 2 N–H and O–H groups in total. The quantitative estimate of drug-likeness (QED) is 0.0693. The molecule has 0 bridgehead atoms. The molecule has 0 fully saturated rings. The first-order chi connectivity index (χ1) is 28.7. The molecular formula is C56H79NO3. The Morgan fingerprint density at radius 1 is 0.683 bits per heavy atom. The molecule has 5 rings (SSSR count). The molecule has 4 aromatic carbocycles. The largest absolute Gasteiger partial charge is 0.494 e. The zero-order valence-corrected chi connectivity index (χ0v) is 39.2. The number of carbonyl (C=O) groups excluding carboxylic acids is 1. The fourth-order valence-corrected chi connectivity index (χ4v) is 9.92. The molecule has 0 spiro atoms. The lowest BCUT2D eigenvalue weighted by Gasteiger charge is -2.36. The van der Waals surface area contributed by atoms with E-state index in [9.17, 15) is 9.90 Å². The van der Waals surface area contributed by atoms with Crippen LogP contribution in [0.2, 0.25) is 0 Å². The van der Waals surface area contributed by atoms with Crippen molar-refractivity contribution >= 4 is 5.91 Å². The molecule has 2 atom stereocenters. The van der Waals surface area contributed by atoms with Crippen molar-refractivity contribution in [2.24, 2.45) is 17.3 Å². The van der Waals surface area contributed by atoms with E-state index in [1.165, 1.54) is 83.9 Å². The zero-order valence-electron chi connectivity index (χ0n) is 39.2. The molecule has 0 heterocycles. The summed E-state index contributed by atoms with van der Waals surface area (Å²) >= 11 is 0. The van der Waals surface area contributed by atoms with E-state index in [1.54, 1.807) is 5.56 Å². The fourth-order valence-electron chi connectivity index (χ4n) is 9.92. The van der Waals surface area contributed by atoms with Crippen LogP contribution >= 0.6 is 0 Å². The molecule has 1 amide bonds. The molecule has 0 aliphatic heterocycles. The fraction of sp³-hybridized carbons (Fsp3) is 0.554. The second-order valence-corrected chi connectivity index (χ2v) is 19.7. The molecule has 0 saturated carbocycles. The van der Waals surface area contributed by atoms with Crippen molar-refractivity contribution in [1.29, 1.82) is 0 Å². The Balaban J connectivity index is 1.39. The summed E-state index contributed by atoms with van der Waals surface area (Å²) in [5.41, 5.74) is 10.5. The maximum atomic E-state index is 12.9. The van der Waals surface area contributed by atoms with E-state index in [0.717, 1.165) is 37.4 Å². The Kier molecular flexibility index (Phi) is 16.3. The molecule has 1 aliphatic rings. The number of hydrogen-bond donors (Lipinski definition) is 2. The smallest absolute Gasteiger partial charge is 0.226 e. The number of nitrogens with one attached hydrogen (secondary N) is 1. The number of aliphatic hydroxyl groups is 1. The topological polar surface area (TPSA) is 58.6 Å². The van der Waals surface area contributed by atoms with E-state index in [-0.39, 0.29) is 28.8 Å². The van der Waals surface area contributed by atoms with Gasteiger partial charge in [-0.1, -0.05) is 180 Å². The van der Waals surface area contributed by atoms with Gasteiger partial charge in [0.05, 0.1) is 12.0 Å². The van der Waals surface area contributed by atoms with Crippen LogP contribution in [-0.2, 0) is 21.0 Å². The molecule has 2 unspecified atom stereocenters. The SMILES string of the molecule is CCC(C)CCCC1(CCCC(C)C)c2cc(C(C)(C)c3ccccc3)ccc2-c2ccc(C(C)(C)c3ccc(OCCCCNC(=O)C(CC)(CC)CCO)cc3)cc21. The minimum Gasteiger partial charge on any atom is -0.494 e. The second-order valence-electron chi connectivity index (χ2n) is 19.7. The van der Waals surface area contributed by atoms with Gasteiger partial charge in [0.1, 0.15) is 5.75 Å². The highest BCUT2D eigenvalue weighted by Gasteiger charge is 2.44. The van der Waals surface area contributed by atoms with E-state index < -0.39 is 5.41 Å². The average molecular weight is 814 g/mol. The lowest BCUT2D eigenvalue weighted by molar-refractivity contribution is -0.132. The zero-order chi connectivity index (χ0) is 43.6. The van der Waals surface area contributed by atoms with Gasteiger partial charge < -0.3 is 15.2 Å². The van der Waals surface area contributed by atoms with Crippen LogP contribution < -0.4 is 10.1 Å². The maximum Gasteiger partial charge on any atom is 0.226 e. The van der Waals surface area contributed by atoms with Crippen LogP contribution in [0.5, 0.6) is 5.75 Å². The summed E-state index contributed by atoms with van der Waals surface area (Å²) in [6.07, 6.45) is 12.2. The highest BCUT2D eigenvalue weighted by Crippen LogP contribution is 2.56. The molecule has 0 saturated heterocycles. The van der Waals surface area contributed by atoms with Crippen LogP contribution in [0.1, 0.15) is 180 Å². The van der Waals surface area contributed by atoms with E-state index in [2.05, 4.69) is 152 Å². The van der Waals surface area contributed by atoms with E-state index >= 15 is 0 Å². The Labute approximate surface area is 365 Å². The van der Waals surface area contributed by atoms with Crippen molar-refractivity contribution in [3.63, 3.8) is 0 Å². The first-order valence-electron chi connectivity index (χ1n) is 23.7. The second kappa shape index (κ2) is 20.8. The van der Waals surface area contributed by atoms with Crippen molar-refractivity contribution in [2.75, 3.05) is 19.8 Å². The summed E-state index contributed by atoms with van der Waals surface area (Å²) in [6, 6.07) is 34.7. The van der Waals surface area contributed by atoms with Gasteiger partial charge in [-0.2, -0.15) is 0 Å². The van der Waals surface area contributed by atoms with Crippen molar-refractivity contribution in [3.05, 3.63) is 124 Å². The van der Waals surface area contributed by atoms with Crippen LogP contribution in [-0.4, -0.2) is 30.8 Å². The standard InChI is InChI=1S/C56H79NO3/c1-11-42(6)22-20-34-56(33-19-21-41(4)5)50-39-45(53(7,8)43-23-15-14-16-24-43)27-31-48(50)49-32-28-46(40-51(49)56)54(9,10)44-25-29-47(30-26-44)60-38-18-17-36-57-52(59)55(12-2,13-3)35-37-58/h14-16,23-32,39-42,58H,11-13,17-22,33-38H2,1-10H3,(H,57,59). The van der Waals surface area contributed by atoms with Crippen molar-refractivity contribution in [1.82, 2.24) is 5.32 Å². The van der Waals surface area contributed by atoms with Crippen LogP contribution in [0, 0.1) is 17.3 Å². The minimum absolute atomic E-state index is 0.0308. The summed E-state index contributed by atoms with van der Waals surface area (Å²) in [5.74, 6) is 2.35. The molecule has 0 aromatic heterocycles. The number of fused-ring (bicyclic) bond motifs is 3. The Morgan fingerprint density at radius 3 is 1.73 bits per heavy atom. The summed E-state index contributed by atoms with van der Waals surface area (Å²) in [7, 11) is 0. The third kappa shape index (κ3) is 10.4.